The highest BCUT2D eigenvalue weighted by molar-refractivity contribution is 5.29. The molecule has 0 bridgehead atoms. The molecule has 3 heterocycles. The standard InChI is InChI=1S/C18H22N6/c1-15-10-19-23(11-15)14-18-8-5-9-22(18)12-16-13-24(21-20-16)17-6-3-2-4-7-17/h2-4,6-7,10-11,13,18H,5,8-9,12,14H2,1H3/t18-/m1/s1. The van der Waals surface area contributed by atoms with E-state index in [1.807, 2.05) is 47.4 Å². The Morgan fingerprint density at radius 1 is 1.17 bits per heavy atom. The van der Waals surface area contributed by atoms with Gasteiger partial charge in [0.05, 0.1) is 30.3 Å². The van der Waals surface area contributed by atoms with E-state index in [0.717, 1.165) is 31.0 Å². The number of hydrogen-bond acceptors (Lipinski definition) is 4. The van der Waals surface area contributed by atoms with Gasteiger partial charge in [-0.05, 0) is 44.0 Å². The topological polar surface area (TPSA) is 51.8 Å². The number of nitrogens with zero attached hydrogens (tertiary/aromatic N) is 6. The first kappa shape index (κ1) is 15.1. The third-order valence-corrected chi connectivity index (χ3v) is 4.59. The Balaban J connectivity index is 1.43. The highest BCUT2D eigenvalue weighted by Gasteiger charge is 2.25. The van der Waals surface area contributed by atoms with Gasteiger partial charge >= 0.3 is 0 Å². The molecule has 0 N–H and O–H groups in total. The molecular weight excluding hydrogens is 300 g/mol. The summed E-state index contributed by atoms with van der Waals surface area (Å²) >= 11 is 0. The number of rotatable bonds is 5. The van der Waals surface area contributed by atoms with Crippen LogP contribution in [0.3, 0.4) is 0 Å². The second kappa shape index (κ2) is 6.57. The maximum atomic E-state index is 4.42. The van der Waals surface area contributed by atoms with Crippen LogP contribution in [0.15, 0.2) is 48.9 Å². The maximum Gasteiger partial charge on any atom is 0.0971 e. The van der Waals surface area contributed by atoms with Gasteiger partial charge in [-0.1, -0.05) is 23.4 Å². The molecule has 3 aromatic rings. The Morgan fingerprint density at radius 2 is 2.04 bits per heavy atom. The van der Waals surface area contributed by atoms with E-state index < -0.39 is 0 Å². The van der Waals surface area contributed by atoms with E-state index in [-0.39, 0.29) is 0 Å². The van der Waals surface area contributed by atoms with E-state index >= 15 is 0 Å². The largest absolute Gasteiger partial charge is 0.293 e. The van der Waals surface area contributed by atoms with Crippen LogP contribution < -0.4 is 0 Å². The van der Waals surface area contributed by atoms with Gasteiger partial charge in [-0.15, -0.1) is 5.10 Å². The van der Waals surface area contributed by atoms with Crippen molar-refractivity contribution < 1.29 is 0 Å². The van der Waals surface area contributed by atoms with Crippen LogP contribution in [-0.2, 0) is 13.1 Å². The van der Waals surface area contributed by atoms with Crippen molar-refractivity contribution in [2.45, 2.75) is 38.9 Å². The number of hydrogen-bond donors (Lipinski definition) is 0. The molecule has 2 aromatic heterocycles. The first-order chi connectivity index (χ1) is 11.8. The lowest BCUT2D eigenvalue weighted by molar-refractivity contribution is 0.217. The SMILES string of the molecule is Cc1cnn(C[C@H]2CCCN2Cc2cn(-c3ccccc3)nn2)c1. The lowest BCUT2D eigenvalue weighted by atomic mass is 10.2. The zero-order valence-electron chi connectivity index (χ0n) is 13.9. The summed E-state index contributed by atoms with van der Waals surface area (Å²) in [6.07, 6.45) is 8.51. The molecular formula is C18H22N6. The van der Waals surface area contributed by atoms with Crippen LogP contribution >= 0.6 is 0 Å². The molecule has 6 nitrogen and oxygen atoms in total. The van der Waals surface area contributed by atoms with Gasteiger partial charge in [0.15, 0.2) is 0 Å². The Kier molecular flexibility index (Phi) is 4.13. The summed E-state index contributed by atoms with van der Waals surface area (Å²) in [6.45, 7) is 4.99. The van der Waals surface area contributed by atoms with E-state index in [0.29, 0.717) is 6.04 Å². The third-order valence-electron chi connectivity index (χ3n) is 4.59. The molecule has 0 saturated carbocycles. The van der Waals surface area contributed by atoms with Gasteiger partial charge in [-0.2, -0.15) is 5.10 Å². The van der Waals surface area contributed by atoms with Gasteiger partial charge in [-0.3, -0.25) is 9.58 Å². The summed E-state index contributed by atoms with van der Waals surface area (Å²) in [5.74, 6) is 0. The number of aromatic nitrogens is 5. The maximum absolute atomic E-state index is 4.42. The minimum absolute atomic E-state index is 0.520. The number of benzene rings is 1. The Labute approximate surface area is 141 Å². The molecule has 1 aliphatic rings. The van der Waals surface area contributed by atoms with Crippen LogP contribution in [0.4, 0.5) is 0 Å². The second-order valence-corrected chi connectivity index (χ2v) is 6.50. The van der Waals surface area contributed by atoms with Crippen molar-refractivity contribution in [3.05, 3.63) is 60.2 Å². The Bertz CT molecular complexity index is 791. The van der Waals surface area contributed by atoms with Crippen LogP contribution in [0.5, 0.6) is 0 Å². The summed E-state index contributed by atoms with van der Waals surface area (Å²) in [5.41, 5.74) is 3.27. The van der Waals surface area contributed by atoms with Crippen molar-refractivity contribution in [1.82, 2.24) is 29.7 Å². The first-order valence-corrected chi connectivity index (χ1v) is 8.48. The smallest absolute Gasteiger partial charge is 0.0971 e. The van der Waals surface area contributed by atoms with Crippen LogP contribution in [0.2, 0.25) is 0 Å². The summed E-state index contributed by atoms with van der Waals surface area (Å²) in [4.78, 5) is 2.50. The zero-order chi connectivity index (χ0) is 16.4. The predicted molar refractivity (Wildman–Crippen MR) is 91.8 cm³/mol. The monoisotopic (exact) mass is 322 g/mol. The molecule has 0 amide bonds. The van der Waals surface area contributed by atoms with E-state index in [1.165, 1.54) is 18.4 Å². The molecule has 0 unspecified atom stereocenters. The fraction of sp³-hybridized carbons (Fsp3) is 0.389. The summed E-state index contributed by atoms with van der Waals surface area (Å²) in [5, 5.41) is 13.0. The zero-order valence-corrected chi connectivity index (χ0v) is 13.9. The van der Waals surface area contributed by atoms with E-state index in [9.17, 15) is 0 Å². The van der Waals surface area contributed by atoms with Gasteiger partial charge in [0.25, 0.3) is 0 Å². The van der Waals surface area contributed by atoms with E-state index in [2.05, 4.69) is 38.1 Å². The van der Waals surface area contributed by atoms with Gasteiger partial charge in [0, 0.05) is 18.8 Å². The molecule has 1 atom stereocenters. The molecule has 124 valence electrons. The normalized spacial score (nSPS) is 18.3. The molecule has 24 heavy (non-hydrogen) atoms. The van der Waals surface area contributed by atoms with Gasteiger partial charge in [-0.25, -0.2) is 4.68 Å². The van der Waals surface area contributed by atoms with Gasteiger partial charge < -0.3 is 0 Å². The van der Waals surface area contributed by atoms with Crippen molar-refractivity contribution in [1.29, 1.82) is 0 Å². The molecule has 4 rings (SSSR count). The number of likely N-dealkylation sites (tertiary alicyclic amines) is 1. The molecule has 1 fully saturated rings. The molecule has 1 saturated heterocycles. The Hall–Kier alpha value is -2.47. The number of para-hydroxylation sites is 1. The molecule has 1 aliphatic heterocycles. The average Bonchev–Trinajstić information content (AvgIpc) is 3.32. The van der Waals surface area contributed by atoms with Crippen LogP contribution in [0.1, 0.15) is 24.1 Å². The van der Waals surface area contributed by atoms with E-state index in [4.69, 9.17) is 0 Å². The fourth-order valence-corrected chi connectivity index (χ4v) is 3.38. The van der Waals surface area contributed by atoms with Crippen molar-refractivity contribution in [2.75, 3.05) is 6.54 Å². The van der Waals surface area contributed by atoms with Gasteiger partial charge in [0.1, 0.15) is 0 Å². The van der Waals surface area contributed by atoms with Crippen molar-refractivity contribution in [2.24, 2.45) is 0 Å². The average molecular weight is 322 g/mol. The van der Waals surface area contributed by atoms with Gasteiger partial charge in [0.2, 0.25) is 0 Å². The molecule has 0 radical (unpaired) electrons. The minimum atomic E-state index is 0.520. The van der Waals surface area contributed by atoms with Crippen molar-refractivity contribution in [3.8, 4) is 5.69 Å². The van der Waals surface area contributed by atoms with Crippen LogP contribution in [0.25, 0.3) is 5.69 Å². The minimum Gasteiger partial charge on any atom is -0.293 e. The van der Waals surface area contributed by atoms with Crippen molar-refractivity contribution >= 4 is 0 Å². The first-order valence-electron chi connectivity index (χ1n) is 8.48. The summed E-state index contributed by atoms with van der Waals surface area (Å²) in [6, 6.07) is 10.6. The highest BCUT2D eigenvalue weighted by atomic mass is 15.4. The molecule has 1 aromatic carbocycles. The third kappa shape index (κ3) is 3.23. The lowest BCUT2D eigenvalue weighted by Crippen LogP contribution is -2.32. The summed E-state index contributed by atoms with van der Waals surface area (Å²) < 4.78 is 3.90. The number of aryl methyl sites for hydroxylation is 1. The highest BCUT2D eigenvalue weighted by Crippen LogP contribution is 2.21. The molecule has 0 spiro atoms. The van der Waals surface area contributed by atoms with Crippen LogP contribution in [0, 0.1) is 6.92 Å². The van der Waals surface area contributed by atoms with E-state index in [1.54, 1.807) is 0 Å². The predicted octanol–water partition coefficient (Wildman–Crippen LogP) is 2.44. The Morgan fingerprint density at radius 3 is 2.83 bits per heavy atom. The molecule has 0 aliphatic carbocycles. The second-order valence-electron chi connectivity index (χ2n) is 6.50. The lowest BCUT2D eigenvalue weighted by Gasteiger charge is -2.23. The quantitative estimate of drug-likeness (QED) is 0.724. The van der Waals surface area contributed by atoms with Crippen LogP contribution in [-0.4, -0.2) is 42.3 Å². The summed E-state index contributed by atoms with van der Waals surface area (Å²) in [7, 11) is 0. The van der Waals surface area contributed by atoms with Crippen molar-refractivity contribution in [3.63, 3.8) is 0 Å². The molecule has 6 heteroatoms. The fourth-order valence-electron chi connectivity index (χ4n) is 3.38.